The largest absolute Gasteiger partial charge is 0.445 e. The predicted molar refractivity (Wildman–Crippen MR) is 137 cm³/mol. The number of amides is 3. The molecule has 1 aromatic heterocycles. The highest BCUT2D eigenvalue weighted by molar-refractivity contribution is 6.11. The molecule has 186 valence electrons. The van der Waals surface area contributed by atoms with Gasteiger partial charge in [-0.3, -0.25) is 14.5 Å². The van der Waals surface area contributed by atoms with Gasteiger partial charge in [0.25, 0.3) is 0 Å². The topological polar surface area (TPSA) is 109 Å². The van der Waals surface area contributed by atoms with Crippen LogP contribution in [0.5, 0.6) is 0 Å². The summed E-state index contributed by atoms with van der Waals surface area (Å²) < 4.78 is 5.87. The number of H-pyrrole nitrogens is 1. The lowest BCUT2D eigenvalue weighted by atomic mass is 9.98. The van der Waals surface area contributed by atoms with E-state index < -0.39 is 18.1 Å². The van der Waals surface area contributed by atoms with Crippen molar-refractivity contribution in [2.24, 2.45) is 0 Å². The van der Waals surface area contributed by atoms with Crippen LogP contribution < -0.4 is 5.32 Å². The maximum Gasteiger partial charge on any atom is 0.339 e. The summed E-state index contributed by atoms with van der Waals surface area (Å²) in [6, 6.07) is 20.7. The lowest BCUT2D eigenvalue weighted by molar-refractivity contribution is -0.125. The van der Waals surface area contributed by atoms with Gasteiger partial charge in [-0.2, -0.15) is 0 Å². The predicted octanol–water partition coefficient (Wildman–Crippen LogP) is 4.56. The summed E-state index contributed by atoms with van der Waals surface area (Å²) in [6.07, 6.45) is 1.26. The van der Waals surface area contributed by atoms with Crippen LogP contribution in [0.15, 0.2) is 79.0 Å². The van der Waals surface area contributed by atoms with E-state index in [2.05, 4.69) is 10.3 Å². The summed E-state index contributed by atoms with van der Waals surface area (Å²) in [7, 11) is 0. The van der Waals surface area contributed by atoms with Crippen LogP contribution >= 0.6 is 0 Å². The Morgan fingerprint density at radius 1 is 0.919 bits per heavy atom. The van der Waals surface area contributed by atoms with E-state index >= 15 is 0 Å². The van der Waals surface area contributed by atoms with Crippen LogP contribution in [0.4, 0.5) is 4.79 Å². The minimum absolute atomic E-state index is 0.0812. The van der Waals surface area contributed by atoms with Gasteiger partial charge >= 0.3 is 12.0 Å². The Labute approximate surface area is 213 Å². The number of rotatable bonds is 8. The molecule has 37 heavy (non-hydrogen) atoms. The molecule has 1 aliphatic heterocycles. The zero-order chi connectivity index (χ0) is 25.9. The number of fused-ring (bicyclic) bond motifs is 1. The standard InChI is InChI=1S/C29H25N3O5/c1-2-18-12-8-14-22-23(15-30-25(18)22)26(34)27(19-9-4-3-5-10-19)37-28(35)21-13-7-6-11-20(21)17-32-24(33)16-31-29(32)36/h3-15,27,30H,2,16-17H2,1H3,(H,31,36). The first-order valence-corrected chi connectivity index (χ1v) is 12.0. The highest BCUT2D eigenvalue weighted by Gasteiger charge is 2.32. The number of hydrogen-bond acceptors (Lipinski definition) is 5. The van der Waals surface area contributed by atoms with Crippen molar-refractivity contribution in [3.8, 4) is 0 Å². The Balaban J connectivity index is 1.48. The number of carbonyl (C=O) groups excluding carboxylic acids is 4. The molecule has 1 saturated heterocycles. The molecular weight excluding hydrogens is 470 g/mol. The number of hydrogen-bond donors (Lipinski definition) is 2. The van der Waals surface area contributed by atoms with E-state index in [0.29, 0.717) is 16.7 Å². The molecule has 8 nitrogen and oxygen atoms in total. The second-order valence-corrected chi connectivity index (χ2v) is 8.75. The lowest BCUT2D eigenvalue weighted by Crippen LogP contribution is -2.31. The highest BCUT2D eigenvalue weighted by Crippen LogP contribution is 2.30. The monoisotopic (exact) mass is 495 g/mol. The van der Waals surface area contributed by atoms with Crippen molar-refractivity contribution in [1.82, 2.24) is 15.2 Å². The molecule has 0 aliphatic carbocycles. The van der Waals surface area contributed by atoms with Crippen molar-refractivity contribution in [2.75, 3.05) is 6.54 Å². The van der Waals surface area contributed by atoms with Crippen molar-refractivity contribution < 1.29 is 23.9 Å². The number of Topliss-reactive ketones (excluding diaryl/α,β-unsaturated/α-hetero) is 1. The first-order valence-electron chi connectivity index (χ1n) is 12.0. The van der Waals surface area contributed by atoms with Gasteiger partial charge in [0.1, 0.15) is 0 Å². The molecule has 3 aromatic carbocycles. The molecular formula is C29H25N3O5. The number of aromatic nitrogens is 1. The molecule has 2 N–H and O–H groups in total. The summed E-state index contributed by atoms with van der Waals surface area (Å²) >= 11 is 0. The number of aromatic amines is 1. The first-order chi connectivity index (χ1) is 18.0. The van der Waals surface area contributed by atoms with Crippen molar-refractivity contribution in [2.45, 2.75) is 26.0 Å². The van der Waals surface area contributed by atoms with Gasteiger partial charge in [0.05, 0.1) is 18.7 Å². The molecule has 4 aromatic rings. The molecule has 1 atom stereocenters. The molecule has 0 saturated carbocycles. The van der Waals surface area contributed by atoms with E-state index in [0.717, 1.165) is 27.8 Å². The Bertz CT molecular complexity index is 1490. The second-order valence-electron chi connectivity index (χ2n) is 8.75. The van der Waals surface area contributed by atoms with Crippen LogP contribution in [0, 0.1) is 0 Å². The molecule has 1 unspecified atom stereocenters. The van der Waals surface area contributed by atoms with E-state index in [9.17, 15) is 19.2 Å². The van der Waals surface area contributed by atoms with Crippen LogP contribution in [-0.2, 0) is 22.5 Å². The number of ketones is 1. The van der Waals surface area contributed by atoms with E-state index in [1.54, 1.807) is 54.7 Å². The zero-order valence-electron chi connectivity index (χ0n) is 20.2. The van der Waals surface area contributed by atoms with Gasteiger partial charge in [0.2, 0.25) is 11.7 Å². The van der Waals surface area contributed by atoms with E-state index in [-0.39, 0.29) is 30.3 Å². The molecule has 0 bridgehead atoms. The maximum atomic E-state index is 13.8. The smallest absolute Gasteiger partial charge is 0.339 e. The van der Waals surface area contributed by atoms with Gasteiger partial charge in [-0.25, -0.2) is 9.59 Å². The normalized spacial score (nSPS) is 14.0. The molecule has 0 radical (unpaired) electrons. The third-order valence-corrected chi connectivity index (χ3v) is 6.52. The molecule has 2 heterocycles. The van der Waals surface area contributed by atoms with Gasteiger partial charge in [0.15, 0.2) is 6.10 Å². The lowest BCUT2D eigenvalue weighted by Gasteiger charge is -2.19. The summed E-state index contributed by atoms with van der Waals surface area (Å²) in [5, 5.41) is 3.23. The van der Waals surface area contributed by atoms with Gasteiger partial charge in [-0.15, -0.1) is 0 Å². The van der Waals surface area contributed by atoms with Crippen LogP contribution in [-0.4, -0.2) is 40.1 Å². The quantitative estimate of drug-likeness (QED) is 0.212. The van der Waals surface area contributed by atoms with Crippen molar-refractivity contribution in [3.05, 3.63) is 107 Å². The van der Waals surface area contributed by atoms with E-state index in [1.165, 1.54) is 0 Å². The summed E-state index contributed by atoms with van der Waals surface area (Å²) in [5.74, 6) is -1.46. The molecule has 1 aliphatic rings. The fourth-order valence-corrected chi connectivity index (χ4v) is 4.57. The Kier molecular flexibility index (Phi) is 6.55. The SMILES string of the molecule is CCc1cccc2c(C(=O)C(OC(=O)c3ccccc3CN3C(=O)CNC3=O)c3ccccc3)c[nH]c12. The number of nitrogens with one attached hydrogen (secondary N) is 2. The Morgan fingerprint density at radius 2 is 1.65 bits per heavy atom. The number of carbonyl (C=O) groups is 4. The molecule has 0 spiro atoms. The summed E-state index contributed by atoms with van der Waals surface area (Å²) in [4.78, 5) is 55.6. The summed E-state index contributed by atoms with van der Waals surface area (Å²) in [5.41, 5.74) is 3.55. The Hall–Kier alpha value is -4.72. The minimum atomic E-state index is -1.19. The number of ether oxygens (including phenoxy) is 1. The van der Waals surface area contributed by atoms with E-state index in [4.69, 9.17) is 4.74 Å². The van der Waals surface area contributed by atoms with Gasteiger partial charge < -0.3 is 15.0 Å². The maximum absolute atomic E-state index is 13.8. The molecule has 3 amide bonds. The molecule has 8 heteroatoms. The fourth-order valence-electron chi connectivity index (χ4n) is 4.57. The molecule has 5 rings (SSSR count). The minimum Gasteiger partial charge on any atom is -0.445 e. The average Bonchev–Trinajstić information content (AvgIpc) is 3.50. The highest BCUT2D eigenvalue weighted by atomic mass is 16.5. The number of aryl methyl sites for hydroxylation is 1. The number of para-hydroxylation sites is 1. The number of imide groups is 1. The zero-order valence-corrected chi connectivity index (χ0v) is 20.2. The van der Waals surface area contributed by atoms with Crippen LogP contribution in [0.3, 0.4) is 0 Å². The third kappa shape index (κ3) is 4.61. The van der Waals surface area contributed by atoms with Crippen LogP contribution in [0.1, 0.15) is 50.4 Å². The summed E-state index contributed by atoms with van der Waals surface area (Å²) in [6.45, 7) is 1.88. The average molecular weight is 496 g/mol. The van der Waals surface area contributed by atoms with Gasteiger partial charge in [0, 0.05) is 28.2 Å². The fraction of sp³-hybridized carbons (Fsp3) is 0.172. The number of urea groups is 1. The second kappa shape index (κ2) is 10.1. The Morgan fingerprint density at radius 3 is 2.38 bits per heavy atom. The molecule has 1 fully saturated rings. The number of esters is 1. The number of benzene rings is 3. The van der Waals surface area contributed by atoms with Gasteiger partial charge in [-0.1, -0.05) is 73.7 Å². The van der Waals surface area contributed by atoms with Crippen molar-refractivity contribution in [3.63, 3.8) is 0 Å². The third-order valence-electron chi connectivity index (χ3n) is 6.52. The van der Waals surface area contributed by atoms with Crippen molar-refractivity contribution in [1.29, 1.82) is 0 Å². The van der Waals surface area contributed by atoms with Crippen molar-refractivity contribution >= 4 is 34.6 Å². The van der Waals surface area contributed by atoms with Gasteiger partial charge in [-0.05, 0) is 23.6 Å². The van der Waals surface area contributed by atoms with Crippen LogP contribution in [0.25, 0.3) is 10.9 Å². The number of nitrogens with zero attached hydrogens (tertiary/aromatic N) is 1. The van der Waals surface area contributed by atoms with Crippen LogP contribution in [0.2, 0.25) is 0 Å². The van der Waals surface area contributed by atoms with E-state index in [1.807, 2.05) is 31.2 Å². The first kappa shape index (κ1) is 24.0.